The second-order valence-corrected chi connectivity index (χ2v) is 6.61. The Hall–Kier alpha value is -1.12. The summed E-state index contributed by atoms with van der Waals surface area (Å²) in [4.78, 5) is 0. The molecule has 21 heavy (non-hydrogen) atoms. The smallest absolute Gasteiger partial charge is 0.0175 e. The zero-order chi connectivity index (χ0) is 15.1. The van der Waals surface area contributed by atoms with Gasteiger partial charge in [0.1, 0.15) is 0 Å². The van der Waals surface area contributed by atoms with Gasteiger partial charge in [0, 0.05) is 4.47 Å². The normalized spacial score (nSPS) is 12.3. The van der Waals surface area contributed by atoms with Crippen molar-refractivity contribution >= 4 is 15.9 Å². The Balaban J connectivity index is 2.02. The Morgan fingerprint density at radius 2 is 1.43 bits per heavy atom. The maximum absolute atomic E-state index is 3.50. The lowest BCUT2D eigenvalue weighted by molar-refractivity contribution is 0.478. The largest absolute Gasteiger partial charge is 0.317 e. The summed E-state index contributed by atoms with van der Waals surface area (Å²) in [5.41, 5.74) is 4.17. The van der Waals surface area contributed by atoms with Crippen LogP contribution in [0.1, 0.15) is 23.6 Å². The molecule has 0 aromatic heterocycles. The molecular formula is C19H24BrN. The predicted molar refractivity (Wildman–Crippen MR) is 94.8 cm³/mol. The van der Waals surface area contributed by atoms with Crippen molar-refractivity contribution in [3.05, 3.63) is 69.7 Å². The number of halogens is 1. The summed E-state index contributed by atoms with van der Waals surface area (Å²) in [6.45, 7) is 6.41. The average Bonchev–Trinajstić information content (AvgIpc) is 2.49. The maximum atomic E-state index is 3.50. The molecule has 2 heteroatoms. The highest BCUT2D eigenvalue weighted by atomic mass is 79.9. The molecule has 0 fully saturated rings. The van der Waals surface area contributed by atoms with Crippen molar-refractivity contribution < 1.29 is 0 Å². The summed E-state index contributed by atoms with van der Waals surface area (Å²) in [6.07, 6.45) is 2.25. The van der Waals surface area contributed by atoms with E-state index in [1.165, 1.54) is 16.7 Å². The van der Waals surface area contributed by atoms with Crippen LogP contribution in [0.2, 0.25) is 0 Å². The Labute approximate surface area is 136 Å². The summed E-state index contributed by atoms with van der Waals surface area (Å²) in [7, 11) is 0. The summed E-state index contributed by atoms with van der Waals surface area (Å²) in [5, 5.41) is 3.50. The lowest BCUT2D eigenvalue weighted by atomic mass is 9.92. The molecule has 2 aromatic carbocycles. The first-order chi connectivity index (χ1) is 10.2. The minimum atomic E-state index is 0.633. The van der Waals surface area contributed by atoms with E-state index in [9.17, 15) is 0 Å². The van der Waals surface area contributed by atoms with Gasteiger partial charge in [-0.15, -0.1) is 0 Å². The van der Waals surface area contributed by atoms with Crippen LogP contribution in [0, 0.1) is 12.8 Å². The predicted octanol–water partition coefficient (Wildman–Crippen LogP) is 4.77. The quantitative estimate of drug-likeness (QED) is 0.762. The van der Waals surface area contributed by atoms with Crippen LogP contribution in [0.15, 0.2) is 53.0 Å². The standard InChI is InChI=1S/C19H24BrN/c1-3-21-14-18(12-16-6-4-15(2)5-7-16)13-17-8-10-19(20)11-9-17/h4-11,18,21H,3,12-14H2,1-2H3. The fourth-order valence-corrected chi connectivity index (χ4v) is 2.84. The molecule has 1 nitrogen and oxygen atoms in total. The van der Waals surface area contributed by atoms with Crippen molar-refractivity contribution in [2.24, 2.45) is 5.92 Å². The van der Waals surface area contributed by atoms with Crippen molar-refractivity contribution in [2.45, 2.75) is 26.7 Å². The number of hydrogen-bond donors (Lipinski definition) is 1. The molecule has 0 heterocycles. The molecule has 112 valence electrons. The van der Waals surface area contributed by atoms with Gasteiger partial charge in [-0.2, -0.15) is 0 Å². The summed E-state index contributed by atoms with van der Waals surface area (Å²) in [5.74, 6) is 0.633. The molecule has 2 aromatic rings. The van der Waals surface area contributed by atoms with Gasteiger partial charge in [0.25, 0.3) is 0 Å². The highest BCUT2D eigenvalue weighted by Crippen LogP contribution is 2.17. The molecule has 0 radical (unpaired) electrons. The van der Waals surface area contributed by atoms with Gasteiger partial charge in [0.15, 0.2) is 0 Å². The number of aryl methyl sites for hydroxylation is 1. The van der Waals surface area contributed by atoms with E-state index < -0.39 is 0 Å². The second kappa shape index (κ2) is 8.35. The number of rotatable bonds is 7. The van der Waals surface area contributed by atoms with Crippen molar-refractivity contribution in [3.8, 4) is 0 Å². The Morgan fingerprint density at radius 1 is 0.905 bits per heavy atom. The third-order valence-electron chi connectivity index (χ3n) is 3.77. The van der Waals surface area contributed by atoms with Crippen LogP contribution in [0.3, 0.4) is 0 Å². The van der Waals surface area contributed by atoms with Crippen molar-refractivity contribution in [2.75, 3.05) is 13.1 Å². The SMILES string of the molecule is CCNCC(Cc1ccc(C)cc1)Cc1ccc(Br)cc1. The van der Waals surface area contributed by atoms with Crippen molar-refractivity contribution in [1.29, 1.82) is 0 Å². The van der Waals surface area contributed by atoms with E-state index in [1.54, 1.807) is 0 Å². The first-order valence-electron chi connectivity index (χ1n) is 7.68. The van der Waals surface area contributed by atoms with Gasteiger partial charge in [-0.05, 0) is 62.0 Å². The van der Waals surface area contributed by atoms with Gasteiger partial charge in [0.2, 0.25) is 0 Å². The third-order valence-corrected chi connectivity index (χ3v) is 4.29. The zero-order valence-corrected chi connectivity index (χ0v) is 14.5. The molecule has 0 aliphatic carbocycles. The van der Waals surface area contributed by atoms with Gasteiger partial charge < -0.3 is 5.32 Å². The Kier molecular flexibility index (Phi) is 6.47. The monoisotopic (exact) mass is 345 g/mol. The van der Waals surface area contributed by atoms with Crippen LogP contribution in [0.5, 0.6) is 0 Å². The van der Waals surface area contributed by atoms with Crippen LogP contribution in [-0.4, -0.2) is 13.1 Å². The number of nitrogens with one attached hydrogen (secondary N) is 1. The first kappa shape index (κ1) is 16.3. The number of hydrogen-bond acceptors (Lipinski definition) is 1. The Bertz CT molecular complexity index is 483. The molecule has 1 unspecified atom stereocenters. The third kappa shape index (κ3) is 5.64. The summed E-state index contributed by atoms with van der Waals surface area (Å²) < 4.78 is 1.15. The average molecular weight is 346 g/mol. The molecule has 0 aliphatic heterocycles. The second-order valence-electron chi connectivity index (χ2n) is 5.69. The first-order valence-corrected chi connectivity index (χ1v) is 8.47. The maximum Gasteiger partial charge on any atom is 0.0175 e. The molecule has 2 rings (SSSR count). The van der Waals surface area contributed by atoms with Crippen molar-refractivity contribution in [3.63, 3.8) is 0 Å². The van der Waals surface area contributed by atoms with Crippen LogP contribution in [0.4, 0.5) is 0 Å². The van der Waals surface area contributed by atoms with E-state index in [1.807, 2.05) is 0 Å². The van der Waals surface area contributed by atoms with E-state index in [0.29, 0.717) is 5.92 Å². The fraction of sp³-hybridized carbons (Fsp3) is 0.368. The van der Waals surface area contributed by atoms with Crippen LogP contribution in [0.25, 0.3) is 0 Å². The van der Waals surface area contributed by atoms with Crippen LogP contribution >= 0.6 is 15.9 Å². The summed E-state index contributed by atoms with van der Waals surface area (Å²) in [6, 6.07) is 17.6. The fourth-order valence-electron chi connectivity index (χ4n) is 2.58. The van der Waals surface area contributed by atoms with E-state index in [4.69, 9.17) is 0 Å². The van der Waals surface area contributed by atoms with Gasteiger partial charge in [-0.1, -0.05) is 64.8 Å². The van der Waals surface area contributed by atoms with E-state index in [-0.39, 0.29) is 0 Å². The highest BCUT2D eigenvalue weighted by Gasteiger charge is 2.10. The zero-order valence-electron chi connectivity index (χ0n) is 12.9. The molecule has 1 atom stereocenters. The molecule has 0 aliphatic rings. The topological polar surface area (TPSA) is 12.0 Å². The van der Waals surface area contributed by atoms with Gasteiger partial charge in [0.05, 0.1) is 0 Å². The van der Waals surface area contributed by atoms with Crippen molar-refractivity contribution in [1.82, 2.24) is 5.32 Å². The van der Waals surface area contributed by atoms with E-state index >= 15 is 0 Å². The van der Waals surface area contributed by atoms with E-state index in [0.717, 1.165) is 30.4 Å². The van der Waals surface area contributed by atoms with Crippen LogP contribution < -0.4 is 5.32 Å². The molecular weight excluding hydrogens is 322 g/mol. The number of benzene rings is 2. The van der Waals surface area contributed by atoms with Gasteiger partial charge >= 0.3 is 0 Å². The van der Waals surface area contributed by atoms with Crippen LogP contribution in [-0.2, 0) is 12.8 Å². The van der Waals surface area contributed by atoms with E-state index in [2.05, 4.69) is 83.6 Å². The molecule has 0 amide bonds. The minimum Gasteiger partial charge on any atom is -0.317 e. The lowest BCUT2D eigenvalue weighted by Gasteiger charge is -2.18. The molecule has 0 bridgehead atoms. The molecule has 1 N–H and O–H groups in total. The molecule has 0 saturated carbocycles. The molecule has 0 saturated heterocycles. The highest BCUT2D eigenvalue weighted by molar-refractivity contribution is 9.10. The molecule has 0 spiro atoms. The van der Waals surface area contributed by atoms with Gasteiger partial charge in [-0.3, -0.25) is 0 Å². The summed E-state index contributed by atoms with van der Waals surface area (Å²) >= 11 is 3.50. The lowest BCUT2D eigenvalue weighted by Crippen LogP contribution is -2.25. The van der Waals surface area contributed by atoms with Gasteiger partial charge in [-0.25, -0.2) is 0 Å². The Morgan fingerprint density at radius 3 is 1.95 bits per heavy atom. The minimum absolute atomic E-state index is 0.633.